The molecule has 3 rings (SSSR count). The topological polar surface area (TPSA) is 54.9 Å². The van der Waals surface area contributed by atoms with Crippen molar-refractivity contribution < 1.29 is 4.79 Å². The summed E-state index contributed by atoms with van der Waals surface area (Å²) in [6.45, 7) is 0. The van der Waals surface area contributed by atoms with Crippen LogP contribution in [0.2, 0.25) is 10.0 Å². The maximum atomic E-state index is 12.0. The molecule has 3 aromatic rings. The second-order valence-electron chi connectivity index (χ2n) is 5.16. The number of amides is 1. The first-order chi connectivity index (χ1) is 12.6. The molecular weight excluding hydrogens is 409 g/mol. The number of nitrogens with one attached hydrogen (secondary N) is 1. The monoisotopic (exact) mass is 421 g/mol. The minimum atomic E-state index is -0.259. The summed E-state index contributed by atoms with van der Waals surface area (Å²) in [5.41, 5.74) is 2.03. The van der Waals surface area contributed by atoms with Gasteiger partial charge in [-0.25, -0.2) is 0 Å². The molecule has 0 aliphatic carbocycles. The van der Waals surface area contributed by atoms with Gasteiger partial charge in [0.05, 0.1) is 0 Å². The maximum Gasteiger partial charge on any atom is 0.250 e. The summed E-state index contributed by atoms with van der Waals surface area (Å²) >= 11 is 14.6. The van der Waals surface area contributed by atoms with E-state index in [9.17, 15) is 4.79 Å². The van der Waals surface area contributed by atoms with E-state index in [0.717, 1.165) is 21.2 Å². The lowest BCUT2D eigenvalue weighted by Crippen LogP contribution is -2.07. The molecule has 0 aliphatic rings. The molecule has 4 nitrogen and oxygen atoms in total. The lowest BCUT2D eigenvalue weighted by atomic mass is 10.2. The highest BCUT2D eigenvalue weighted by Crippen LogP contribution is 2.28. The average Bonchev–Trinajstić information content (AvgIpc) is 3.08. The Balaban J connectivity index is 1.51. The normalized spacial score (nSPS) is 11.0. The lowest BCUT2D eigenvalue weighted by molar-refractivity contribution is -0.111. The molecular formula is C18H13Cl2N3OS2. The van der Waals surface area contributed by atoms with E-state index in [4.69, 9.17) is 23.2 Å². The van der Waals surface area contributed by atoms with Crippen LogP contribution in [0.1, 0.15) is 11.1 Å². The zero-order chi connectivity index (χ0) is 18.4. The van der Waals surface area contributed by atoms with Gasteiger partial charge in [0.2, 0.25) is 11.0 Å². The number of hydrogen-bond donors (Lipinski definition) is 1. The third-order valence-electron chi connectivity index (χ3n) is 3.21. The van der Waals surface area contributed by atoms with Crippen LogP contribution in [0, 0.1) is 0 Å². The smallest absolute Gasteiger partial charge is 0.250 e. The average molecular weight is 422 g/mol. The van der Waals surface area contributed by atoms with Crippen LogP contribution >= 0.6 is 46.3 Å². The van der Waals surface area contributed by atoms with Gasteiger partial charge in [0.15, 0.2) is 4.34 Å². The Hall–Kier alpha value is -1.86. The van der Waals surface area contributed by atoms with Gasteiger partial charge >= 0.3 is 0 Å². The van der Waals surface area contributed by atoms with E-state index in [2.05, 4.69) is 15.5 Å². The van der Waals surface area contributed by atoms with Crippen LogP contribution in [-0.4, -0.2) is 16.1 Å². The molecule has 0 atom stereocenters. The summed E-state index contributed by atoms with van der Waals surface area (Å²) < 4.78 is 0.789. The molecule has 0 saturated carbocycles. The van der Waals surface area contributed by atoms with Gasteiger partial charge < -0.3 is 0 Å². The Labute approximate surface area is 169 Å². The number of nitrogens with zero attached hydrogens (tertiary/aromatic N) is 2. The van der Waals surface area contributed by atoms with Crippen LogP contribution in [0.5, 0.6) is 0 Å². The number of carbonyl (C=O) groups excluding carboxylic acids is 1. The Morgan fingerprint density at radius 3 is 2.38 bits per heavy atom. The molecule has 1 amide bonds. The van der Waals surface area contributed by atoms with Gasteiger partial charge in [-0.1, -0.05) is 70.6 Å². The van der Waals surface area contributed by atoms with E-state index >= 15 is 0 Å². The fourth-order valence-corrected chi connectivity index (χ4v) is 3.90. The van der Waals surface area contributed by atoms with Crippen molar-refractivity contribution in [2.75, 3.05) is 5.32 Å². The highest BCUT2D eigenvalue weighted by atomic mass is 35.5. The number of rotatable bonds is 6. The fraction of sp³-hybridized carbons (Fsp3) is 0.0556. The molecule has 0 fully saturated rings. The first-order valence-corrected chi connectivity index (χ1v) is 10.1. The summed E-state index contributed by atoms with van der Waals surface area (Å²) in [4.78, 5) is 12.0. The molecule has 0 unspecified atom stereocenters. The minimum absolute atomic E-state index is 0.259. The molecule has 26 heavy (non-hydrogen) atoms. The molecule has 0 radical (unpaired) electrons. The fourth-order valence-electron chi connectivity index (χ4n) is 1.94. The minimum Gasteiger partial charge on any atom is -0.297 e. The summed E-state index contributed by atoms with van der Waals surface area (Å²) in [5.74, 6) is 0.501. The maximum absolute atomic E-state index is 12.0. The zero-order valence-electron chi connectivity index (χ0n) is 13.4. The largest absolute Gasteiger partial charge is 0.297 e. The van der Waals surface area contributed by atoms with Gasteiger partial charge in [-0.05, 0) is 41.5 Å². The number of halogens is 2. The van der Waals surface area contributed by atoms with Crippen LogP contribution in [-0.2, 0) is 10.5 Å². The van der Waals surface area contributed by atoms with Crippen LogP contribution < -0.4 is 5.32 Å². The van der Waals surface area contributed by atoms with E-state index in [1.807, 2.05) is 36.4 Å². The molecule has 0 spiro atoms. The Morgan fingerprint density at radius 2 is 1.69 bits per heavy atom. The third kappa shape index (κ3) is 5.85. The molecule has 1 N–H and O–H groups in total. The second-order valence-corrected chi connectivity index (χ2v) is 8.24. The van der Waals surface area contributed by atoms with E-state index < -0.39 is 0 Å². The molecule has 1 aromatic heterocycles. The number of thioether (sulfide) groups is 1. The number of carbonyl (C=O) groups is 1. The molecule has 132 valence electrons. The quantitative estimate of drug-likeness (QED) is 0.310. The van der Waals surface area contributed by atoms with Crippen molar-refractivity contribution in [1.29, 1.82) is 0 Å². The van der Waals surface area contributed by atoms with Crippen LogP contribution in [0.4, 0.5) is 5.13 Å². The van der Waals surface area contributed by atoms with Gasteiger partial charge in [0.1, 0.15) is 0 Å². The first kappa shape index (κ1) is 18.9. The Morgan fingerprint density at radius 1 is 1.04 bits per heavy atom. The van der Waals surface area contributed by atoms with E-state index in [1.165, 1.54) is 17.4 Å². The Kier molecular flexibility index (Phi) is 6.68. The van der Waals surface area contributed by atoms with Crippen molar-refractivity contribution in [3.05, 3.63) is 75.8 Å². The van der Waals surface area contributed by atoms with Gasteiger partial charge in [-0.2, -0.15) is 0 Å². The van der Waals surface area contributed by atoms with Crippen molar-refractivity contribution >= 4 is 63.4 Å². The summed E-state index contributed by atoms with van der Waals surface area (Å²) in [7, 11) is 0. The van der Waals surface area contributed by atoms with Gasteiger partial charge in [0.25, 0.3) is 0 Å². The molecule has 1 heterocycles. The van der Waals surface area contributed by atoms with E-state index in [0.29, 0.717) is 15.2 Å². The first-order valence-electron chi connectivity index (χ1n) is 7.54. The van der Waals surface area contributed by atoms with Crippen LogP contribution in [0.15, 0.2) is 58.9 Å². The van der Waals surface area contributed by atoms with E-state index in [-0.39, 0.29) is 5.91 Å². The third-order valence-corrected chi connectivity index (χ3v) is 5.76. The molecule has 0 bridgehead atoms. The lowest BCUT2D eigenvalue weighted by Gasteiger charge is -1.98. The van der Waals surface area contributed by atoms with Gasteiger partial charge in [0, 0.05) is 21.9 Å². The van der Waals surface area contributed by atoms with Crippen molar-refractivity contribution in [3.63, 3.8) is 0 Å². The van der Waals surface area contributed by atoms with Crippen molar-refractivity contribution in [2.45, 2.75) is 10.1 Å². The number of anilines is 1. The number of aromatic nitrogens is 2. The van der Waals surface area contributed by atoms with Gasteiger partial charge in [-0.15, -0.1) is 10.2 Å². The number of hydrogen-bond acceptors (Lipinski definition) is 5. The van der Waals surface area contributed by atoms with Crippen LogP contribution in [0.25, 0.3) is 6.08 Å². The second kappa shape index (κ2) is 9.19. The number of benzene rings is 2. The SMILES string of the molecule is O=C(/C=C/c1ccc(Cl)cc1)Nc1nnc(SCc2ccc(Cl)cc2)s1. The highest BCUT2D eigenvalue weighted by Gasteiger charge is 2.07. The van der Waals surface area contributed by atoms with E-state index in [1.54, 1.807) is 30.0 Å². The molecule has 2 aromatic carbocycles. The summed E-state index contributed by atoms with van der Waals surface area (Å²) in [6, 6.07) is 14.9. The molecule has 8 heteroatoms. The van der Waals surface area contributed by atoms with Gasteiger partial charge in [-0.3, -0.25) is 10.1 Å². The Bertz CT molecular complexity index is 909. The van der Waals surface area contributed by atoms with Crippen molar-refractivity contribution in [2.24, 2.45) is 0 Å². The molecule has 0 aliphatic heterocycles. The van der Waals surface area contributed by atoms with Crippen LogP contribution in [0.3, 0.4) is 0 Å². The van der Waals surface area contributed by atoms with Crippen molar-refractivity contribution in [3.8, 4) is 0 Å². The van der Waals surface area contributed by atoms with Crippen molar-refractivity contribution in [1.82, 2.24) is 10.2 Å². The predicted molar refractivity (Wildman–Crippen MR) is 110 cm³/mol. The zero-order valence-corrected chi connectivity index (χ0v) is 16.5. The summed E-state index contributed by atoms with van der Waals surface area (Å²) in [5, 5.41) is 12.6. The summed E-state index contributed by atoms with van der Waals surface area (Å²) in [6.07, 6.45) is 3.16. The standard InChI is InChI=1S/C18H13Cl2N3OS2/c19-14-6-1-12(2-7-14)5-10-16(24)21-17-22-23-18(26-17)25-11-13-3-8-15(20)9-4-13/h1-10H,11H2,(H,21,22,24)/b10-5+. The highest BCUT2D eigenvalue weighted by molar-refractivity contribution is 8.00. The molecule has 0 saturated heterocycles. The predicted octanol–water partition coefficient (Wildman–Crippen LogP) is 5.79.